The minimum atomic E-state index is -2.59. The number of ketones is 2. The second-order valence-electron chi connectivity index (χ2n) is 13.3. The Morgan fingerprint density at radius 3 is 2.33 bits per heavy atom. The number of aryl methyl sites for hydroxylation is 1. The molecule has 0 spiro atoms. The van der Waals surface area contributed by atoms with Crippen LogP contribution >= 0.6 is 0 Å². The molecule has 0 heterocycles. The number of phenolic OH excluding ortho intramolecular Hbond substituents is 1. The number of aliphatic hydroxyl groups excluding tert-OH is 2. The predicted octanol–water partition coefficient (Wildman–Crippen LogP) is 3.76. The number of aliphatic hydroxyl groups is 3. The van der Waals surface area contributed by atoms with Gasteiger partial charge in [0.2, 0.25) is 5.78 Å². The number of primary amides is 1. The molecule has 0 aliphatic heterocycles. The summed E-state index contributed by atoms with van der Waals surface area (Å²) in [4.78, 5) is 40.6. The van der Waals surface area contributed by atoms with Gasteiger partial charge in [-0.3, -0.25) is 14.4 Å². The van der Waals surface area contributed by atoms with Crippen molar-refractivity contribution in [2.75, 3.05) is 14.1 Å². The van der Waals surface area contributed by atoms with Crippen LogP contribution in [0.4, 0.5) is 0 Å². The normalized spacial score (nSPS) is 24.1. The largest absolute Gasteiger partial charge is 0.508 e. The maximum absolute atomic E-state index is 13.9. The molecule has 42 heavy (non-hydrogen) atoms. The number of hydrogen-bond acceptors (Lipinski definition) is 8. The lowest BCUT2D eigenvalue weighted by Crippen LogP contribution is -2.58. The zero-order valence-electron chi connectivity index (χ0n) is 24.8. The van der Waals surface area contributed by atoms with Crippen molar-refractivity contribution in [1.82, 2.24) is 4.90 Å². The highest BCUT2D eigenvalue weighted by atomic mass is 16.3. The van der Waals surface area contributed by atoms with E-state index in [1.807, 2.05) is 53.9 Å². The highest BCUT2D eigenvalue weighted by molar-refractivity contribution is 6.22. The number of nitrogens with zero attached hydrogens (tertiary/aromatic N) is 1. The number of aromatic hydroxyl groups is 1. The topological polar surface area (TPSA) is 161 Å². The van der Waals surface area contributed by atoms with Crippen molar-refractivity contribution in [3.63, 3.8) is 0 Å². The Morgan fingerprint density at radius 2 is 1.74 bits per heavy atom. The van der Waals surface area contributed by atoms with Crippen molar-refractivity contribution in [2.45, 2.75) is 64.5 Å². The Labute approximate surface area is 245 Å². The van der Waals surface area contributed by atoms with E-state index in [1.165, 1.54) is 0 Å². The number of rotatable bonds is 4. The fourth-order valence-corrected chi connectivity index (χ4v) is 6.99. The number of phenols is 1. The molecule has 222 valence electrons. The van der Waals surface area contributed by atoms with Gasteiger partial charge in [-0.15, -0.1) is 0 Å². The molecule has 1 amide bonds. The van der Waals surface area contributed by atoms with Gasteiger partial charge >= 0.3 is 0 Å². The summed E-state index contributed by atoms with van der Waals surface area (Å²) in [6.07, 6.45) is -0.0166. The minimum Gasteiger partial charge on any atom is -0.508 e. The van der Waals surface area contributed by atoms with Gasteiger partial charge in [0.05, 0.1) is 5.56 Å². The van der Waals surface area contributed by atoms with Crippen molar-refractivity contribution in [3.8, 4) is 16.9 Å². The molecule has 6 N–H and O–H groups in total. The molecule has 0 unspecified atom stereocenters. The van der Waals surface area contributed by atoms with Crippen LogP contribution in [0.3, 0.4) is 0 Å². The Morgan fingerprint density at radius 1 is 1.07 bits per heavy atom. The van der Waals surface area contributed by atoms with Gasteiger partial charge in [-0.25, -0.2) is 0 Å². The second kappa shape index (κ2) is 9.81. The van der Waals surface area contributed by atoms with E-state index in [9.17, 15) is 34.8 Å². The highest BCUT2D eigenvalue weighted by Crippen LogP contribution is 2.54. The van der Waals surface area contributed by atoms with Crippen molar-refractivity contribution in [2.24, 2.45) is 17.6 Å². The Kier molecular flexibility index (Phi) is 6.90. The Bertz CT molecular complexity index is 1630. The number of benzene rings is 2. The Balaban J connectivity index is 1.78. The van der Waals surface area contributed by atoms with Crippen molar-refractivity contribution in [3.05, 3.63) is 69.0 Å². The number of carbonyl (C=O) groups excluding carboxylic acids is 3. The molecule has 3 atom stereocenters. The number of nitrogens with two attached hydrogens (primary N) is 1. The first-order valence-corrected chi connectivity index (χ1v) is 14.1. The summed E-state index contributed by atoms with van der Waals surface area (Å²) in [6, 6.07) is 8.19. The summed E-state index contributed by atoms with van der Waals surface area (Å²) in [5.74, 6) is -6.31. The summed E-state index contributed by atoms with van der Waals surface area (Å²) in [5, 5.41) is 45.7. The lowest BCUT2D eigenvalue weighted by molar-refractivity contribution is -0.147. The third-order valence-electron chi connectivity index (χ3n) is 8.82. The van der Waals surface area contributed by atoms with E-state index in [2.05, 4.69) is 17.0 Å². The van der Waals surface area contributed by atoms with E-state index in [1.54, 1.807) is 0 Å². The van der Waals surface area contributed by atoms with Crippen molar-refractivity contribution in [1.29, 1.82) is 0 Å². The van der Waals surface area contributed by atoms with E-state index in [-0.39, 0.29) is 36.1 Å². The van der Waals surface area contributed by atoms with Crippen LogP contribution in [0.15, 0.2) is 41.2 Å². The van der Waals surface area contributed by atoms with Gasteiger partial charge in [0, 0.05) is 30.0 Å². The summed E-state index contributed by atoms with van der Waals surface area (Å²) in [7, 11) is 3.98. The van der Waals surface area contributed by atoms with Gasteiger partial charge in [0.15, 0.2) is 11.4 Å². The average Bonchev–Trinajstić information content (AvgIpc) is 2.84. The lowest BCUT2D eigenvalue weighted by Gasteiger charge is -2.46. The van der Waals surface area contributed by atoms with E-state index < -0.39 is 57.4 Å². The van der Waals surface area contributed by atoms with Crippen LogP contribution in [0, 0.1) is 18.8 Å². The highest BCUT2D eigenvalue weighted by Gasteiger charge is 2.60. The molecule has 0 saturated heterocycles. The van der Waals surface area contributed by atoms with E-state index in [4.69, 9.17) is 5.73 Å². The maximum atomic E-state index is 13.9. The van der Waals surface area contributed by atoms with Gasteiger partial charge in [-0.2, -0.15) is 0 Å². The zero-order valence-corrected chi connectivity index (χ0v) is 24.8. The standard InChI is InChI=1S/C33H38N2O7/c1-15-7-16(14-35(5)6)9-17(8-15)20-13-22(32(2,3)4)27(37)25-21(20)11-18-10-19-12-23(36)26(31(34)41)30(40)33(19,42)29(39)24(18)28(25)38/h7-9,13,18-19,37-38,40,42H,10-12,14H2,1-6H3,(H2,34,41)/t18-,19+,33+/m1/s1. The number of carbonyl (C=O) groups is 3. The predicted molar refractivity (Wildman–Crippen MR) is 158 cm³/mol. The maximum Gasteiger partial charge on any atom is 0.255 e. The number of amides is 1. The first-order chi connectivity index (χ1) is 19.5. The van der Waals surface area contributed by atoms with Gasteiger partial charge in [0.25, 0.3) is 5.91 Å². The van der Waals surface area contributed by atoms with Crippen molar-refractivity contribution >= 4 is 23.2 Å². The molecule has 9 heteroatoms. The first kappa shape index (κ1) is 29.5. The summed E-state index contributed by atoms with van der Waals surface area (Å²) in [5.41, 5.74) is 6.43. The molecule has 2 aromatic rings. The van der Waals surface area contributed by atoms with Gasteiger partial charge < -0.3 is 31.1 Å². The monoisotopic (exact) mass is 574 g/mol. The van der Waals surface area contributed by atoms with E-state index >= 15 is 0 Å². The second-order valence-corrected chi connectivity index (χ2v) is 13.3. The third-order valence-corrected chi connectivity index (χ3v) is 8.82. The molecule has 0 aromatic heterocycles. The van der Waals surface area contributed by atoms with E-state index in [0.717, 1.165) is 22.3 Å². The van der Waals surface area contributed by atoms with Crippen molar-refractivity contribution < 1.29 is 34.8 Å². The van der Waals surface area contributed by atoms with Crippen LogP contribution in [-0.4, -0.2) is 62.5 Å². The zero-order chi connectivity index (χ0) is 31.0. The minimum absolute atomic E-state index is 0.0871. The number of Topliss-reactive ketones (excluding diaryl/α,β-unsaturated/α-hetero) is 2. The molecule has 1 saturated carbocycles. The fourth-order valence-electron chi connectivity index (χ4n) is 6.99. The molecule has 1 fully saturated rings. The molecule has 9 nitrogen and oxygen atoms in total. The third kappa shape index (κ3) is 4.42. The molecule has 0 radical (unpaired) electrons. The SMILES string of the molecule is Cc1cc(CN(C)C)cc(-c2cc(C(C)(C)C)c(O)c3c2C[C@H]2C[C@H]4CC(=O)C(C(N)=O)=C(O)[C@@]4(O)C(=O)C2=C3O)c1. The lowest BCUT2D eigenvalue weighted by atomic mass is 9.59. The molecular weight excluding hydrogens is 536 g/mol. The first-order valence-electron chi connectivity index (χ1n) is 14.1. The van der Waals surface area contributed by atoms with Crippen LogP contribution < -0.4 is 5.73 Å². The molecule has 5 rings (SSSR count). The van der Waals surface area contributed by atoms with Gasteiger partial charge in [-0.1, -0.05) is 38.5 Å². The fraction of sp³-hybridized carbons (Fsp3) is 0.424. The molecule has 2 aromatic carbocycles. The molecule has 0 bridgehead atoms. The molecule has 3 aliphatic carbocycles. The summed E-state index contributed by atoms with van der Waals surface area (Å²) in [6.45, 7) is 8.54. The molecular formula is C33H38N2O7. The Hall–Kier alpha value is -3.95. The van der Waals surface area contributed by atoms with Crippen LogP contribution in [0.5, 0.6) is 5.75 Å². The molecule has 3 aliphatic rings. The van der Waals surface area contributed by atoms with Crippen LogP contribution in [0.1, 0.15) is 61.4 Å². The van der Waals surface area contributed by atoms with Gasteiger partial charge in [-0.05, 0) is 79.6 Å². The number of hydrogen-bond donors (Lipinski definition) is 5. The van der Waals surface area contributed by atoms with Gasteiger partial charge in [0.1, 0.15) is 22.8 Å². The van der Waals surface area contributed by atoms with Crippen LogP contribution in [0.25, 0.3) is 16.9 Å². The van der Waals surface area contributed by atoms with Crippen LogP contribution in [0.2, 0.25) is 0 Å². The number of fused-ring (bicyclic) bond motifs is 3. The smallest absolute Gasteiger partial charge is 0.255 e. The van der Waals surface area contributed by atoms with E-state index in [0.29, 0.717) is 17.7 Å². The summed E-state index contributed by atoms with van der Waals surface area (Å²) < 4.78 is 0. The summed E-state index contributed by atoms with van der Waals surface area (Å²) >= 11 is 0. The average molecular weight is 575 g/mol. The quantitative estimate of drug-likeness (QED) is 0.345. The van der Waals surface area contributed by atoms with Crippen LogP contribution in [-0.2, 0) is 32.8 Å².